The van der Waals surface area contributed by atoms with E-state index in [0.29, 0.717) is 16.9 Å². The highest BCUT2D eigenvalue weighted by molar-refractivity contribution is 7.86. The second-order valence-electron chi connectivity index (χ2n) is 4.66. The molecule has 0 unspecified atom stereocenters. The summed E-state index contributed by atoms with van der Waals surface area (Å²) in [7, 11) is -2.92. The molecule has 2 rings (SSSR count). The van der Waals surface area contributed by atoms with Crippen molar-refractivity contribution in [3.8, 4) is 5.75 Å². The summed E-state index contributed by atoms with van der Waals surface area (Å²) in [5, 5.41) is 2.48. The van der Waals surface area contributed by atoms with E-state index in [-0.39, 0.29) is 10.6 Å². The molecule has 6 nitrogen and oxygen atoms in total. The quantitative estimate of drug-likeness (QED) is 0.844. The van der Waals surface area contributed by atoms with Gasteiger partial charge in [0.05, 0.1) is 12.8 Å². The summed E-state index contributed by atoms with van der Waals surface area (Å²) in [6.07, 6.45) is 0. The molecule has 2 aromatic carbocycles. The summed E-state index contributed by atoms with van der Waals surface area (Å²) in [5.74, 6) is 0.113. The van der Waals surface area contributed by atoms with E-state index in [1.54, 1.807) is 37.3 Å². The van der Waals surface area contributed by atoms with Gasteiger partial charge in [0.15, 0.2) is 0 Å². The average Bonchev–Trinajstić information content (AvgIpc) is 2.48. The van der Waals surface area contributed by atoms with Crippen molar-refractivity contribution < 1.29 is 22.5 Å². The van der Waals surface area contributed by atoms with Gasteiger partial charge in [0.2, 0.25) is 0 Å². The number of carbonyl (C=O) groups excluding carboxylic acids is 1. The van der Waals surface area contributed by atoms with Crippen molar-refractivity contribution in [3.63, 3.8) is 0 Å². The van der Waals surface area contributed by atoms with Gasteiger partial charge in [0, 0.05) is 5.56 Å². The zero-order chi connectivity index (χ0) is 16.3. The van der Waals surface area contributed by atoms with Crippen LogP contribution in [0.2, 0.25) is 0 Å². The minimum Gasteiger partial charge on any atom is -0.497 e. The van der Waals surface area contributed by atoms with E-state index in [0.717, 1.165) is 0 Å². The molecule has 2 aromatic rings. The van der Waals surface area contributed by atoms with Crippen LogP contribution in [0.3, 0.4) is 0 Å². The van der Waals surface area contributed by atoms with Crippen LogP contribution in [-0.2, 0) is 10.1 Å². The second kappa shape index (κ2) is 6.17. The Bertz CT molecular complexity index is 797. The van der Waals surface area contributed by atoms with Crippen molar-refractivity contribution in [2.75, 3.05) is 12.4 Å². The number of aryl methyl sites for hydroxylation is 1. The van der Waals surface area contributed by atoms with Gasteiger partial charge in [-0.15, -0.1) is 0 Å². The molecule has 0 bridgehead atoms. The first kappa shape index (κ1) is 16.0. The van der Waals surface area contributed by atoms with Gasteiger partial charge in [0.25, 0.3) is 16.0 Å². The Hall–Kier alpha value is -2.38. The fourth-order valence-electron chi connectivity index (χ4n) is 1.88. The van der Waals surface area contributed by atoms with Crippen molar-refractivity contribution >= 4 is 21.7 Å². The number of hydrogen-bond donors (Lipinski definition) is 2. The largest absolute Gasteiger partial charge is 0.497 e. The normalized spacial score (nSPS) is 11.0. The Balaban J connectivity index is 2.32. The van der Waals surface area contributed by atoms with Gasteiger partial charge in [-0.3, -0.25) is 9.35 Å². The molecule has 0 aliphatic carbocycles. The van der Waals surface area contributed by atoms with Gasteiger partial charge in [-0.2, -0.15) is 8.42 Å². The maximum absolute atomic E-state index is 12.1. The van der Waals surface area contributed by atoms with Gasteiger partial charge in [0.1, 0.15) is 10.6 Å². The Labute approximate surface area is 128 Å². The molecule has 0 saturated heterocycles. The van der Waals surface area contributed by atoms with Gasteiger partial charge in [-0.1, -0.05) is 6.07 Å². The zero-order valence-corrected chi connectivity index (χ0v) is 12.8. The Kier molecular flexibility index (Phi) is 4.48. The lowest BCUT2D eigenvalue weighted by Gasteiger charge is -2.10. The van der Waals surface area contributed by atoms with E-state index in [1.807, 2.05) is 0 Å². The molecular formula is C15H15NO5S. The topological polar surface area (TPSA) is 92.7 Å². The summed E-state index contributed by atoms with van der Waals surface area (Å²) >= 11 is 0. The lowest BCUT2D eigenvalue weighted by Crippen LogP contribution is -2.14. The first-order chi connectivity index (χ1) is 10.3. The lowest BCUT2D eigenvalue weighted by molar-refractivity contribution is 0.102. The molecule has 0 atom stereocenters. The molecule has 0 spiro atoms. The number of rotatable bonds is 4. The summed E-state index contributed by atoms with van der Waals surface area (Å²) in [6, 6.07) is 10.7. The molecule has 0 heterocycles. The molecule has 0 radical (unpaired) electrons. The maximum Gasteiger partial charge on any atom is 0.296 e. The molecule has 116 valence electrons. The van der Waals surface area contributed by atoms with Gasteiger partial charge < -0.3 is 10.1 Å². The number of methoxy groups -OCH3 is 1. The van der Waals surface area contributed by atoms with Crippen molar-refractivity contribution in [3.05, 3.63) is 53.6 Å². The molecule has 0 fully saturated rings. The highest BCUT2D eigenvalue weighted by Gasteiger charge is 2.18. The van der Waals surface area contributed by atoms with Crippen molar-refractivity contribution in [2.24, 2.45) is 0 Å². The first-order valence-electron chi connectivity index (χ1n) is 6.35. The summed E-state index contributed by atoms with van der Waals surface area (Å²) < 4.78 is 37.0. The first-order valence-corrected chi connectivity index (χ1v) is 7.79. The van der Waals surface area contributed by atoms with Gasteiger partial charge in [-0.05, 0) is 48.9 Å². The predicted molar refractivity (Wildman–Crippen MR) is 81.9 cm³/mol. The summed E-state index contributed by atoms with van der Waals surface area (Å²) in [6.45, 7) is 1.68. The molecule has 0 aliphatic rings. The number of hydrogen-bond acceptors (Lipinski definition) is 4. The van der Waals surface area contributed by atoms with Crippen LogP contribution in [0.15, 0.2) is 47.4 Å². The van der Waals surface area contributed by atoms with Crippen LogP contribution < -0.4 is 10.1 Å². The molecule has 22 heavy (non-hydrogen) atoms. The third-order valence-corrected chi connectivity index (χ3v) is 3.91. The van der Waals surface area contributed by atoms with Crippen LogP contribution in [0, 0.1) is 6.92 Å². The number of nitrogens with one attached hydrogen (secondary N) is 1. The Morgan fingerprint density at radius 3 is 2.32 bits per heavy atom. The molecule has 0 aliphatic heterocycles. The van der Waals surface area contributed by atoms with E-state index >= 15 is 0 Å². The monoisotopic (exact) mass is 321 g/mol. The Morgan fingerprint density at radius 2 is 1.77 bits per heavy atom. The van der Waals surface area contributed by atoms with Crippen LogP contribution >= 0.6 is 0 Å². The van der Waals surface area contributed by atoms with Crippen LogP contribution in [0.25, 0.3) is 0 Å². The molecule has 0 aromatic heterocycles. The van der Waals surface area contributed by atoms with Crippen LogP contribution in [0.5, 0.6) is 5.75 Å². The number of amides is 1. The third-order valence-electron chi connectivity index (χ3n) is 3.02. The molecule has 7 heteroatoms. The van der Waals surface area contributed by atoms with Crippen molar-refractivity contribution in [1.29, 1.82) is 0 Å². The number of benzene rings is 2. The fraction of sp³-hybridized carbons (Fsp3) is 0.133. The van der Waals surface area contributed by atoms with Crippen LogP contribution in [-0.4, -0.2) is 26.0 Å². The molecule has 0 saturated carbocycles. The minimum absolute atomic E-state index is 0.0221. The third kappa shape index (κ3) is 3.63. The number of ether oxygens (including phenoxy) is 1. The second-order valence-corrected chi connectivity index (χ2v) is 6.05. The SMILES string of the molecule is COc1ccc(C(=O)Nc2ccc(C)cc2S(=O)(=O)O)cc1. The van der Waals surface area contributed by atoms with Crippen LogP contribution in [0.1, 0.15) is 15.9 Å². The lowest BCUT2D eigenvalue weighted by atomic mass is 10.2. The highest BCUT2D eigenvalue weighted by atomic mass is 32.2. The van der Waals surface area contributed by atoms with Crippen molar-refractivity contribution in [2.45, 2.75) is 11.8 Å². The standard InChI is InChI=1S/C15H15NO5S/c1-10-3-8-13(14(9-10)22(18,19)20)16-15(17)11-4-6-12(21-2)7-5-11/h3-9H,1-2H3,(H,16,17)(H,18,19,20). The molecule has 2 N–H and O–H groups in total. The number of carbonyl (C=O) groups is 1. The molecule has 1 amide bonds. The van der Waals surface area contributed by atoms with Crippen molar-refractivity contribution in [1.82, 2.24) is 0 Å². The smallest absolute Gasteiger partial charge is 0.296 e. The zero-order valence-electron chi connectivity index (χ0n) is 12.0. The number of anilines is 1. The maximum atomic E-state index is 12.1. The van der Waals surface area contributed by atoms with Crippen LogP contribution in [0.4, 0.5) is 5.69 Å². The Morgan fingerprint density at radius 1 is 1.14 bits per heavy atom. The highest BCUT2D eigenvalue weighted by Crippen LogP contribution is 2.23. The molecular weight excluding hydrogens is 306 g/mol. The average molecular weight is 321 g/mol. The van der Waals surface area contributed by atoms with E-state index < -0.39 is 16.0 Å². The fourth-order valence-corrected chi connectivity index (χ4v) is 2.61. The van der Waals surface area contributed by atoms with E-state index in [1.165, 1.54) is 19.2 Å². The van der Waals surface area contributed by atoms with E-state index in [2.05, 4.69) is 5.32 Å². The van der Waals surface area contributed by atoms with Gasteiger partial charge in [-0.25, -0.2) is 0 Å². The predicted octanol–water partition coefficient (Wildman–Crippen LogP) is 2.50. The summed E-state index contributed by atoms with van der Waals surface area (Å²) in [4.78, 5) is 11.8. The summed E-state index contributed by atoms with van der Waals surface area (Å²) in [5.41, 5.74) is 1.01. The van der Waals surface area contributed by atoms with Gasteiger partial charge >= 0.3 is 0 Å². The van der Waals surface area contributed by atoms with E-state index in [4.69, 9.17) is 4.74 Å². The van der Waals surface area contributed by atoms with E-state index in [9.17, 15) is 17.8 Å². The minimum atomic E-state index is -4.43.